The minimum Gasteiger partial charge on any atom is -0.368 e. The molecule has 0 bridgehead atoms. The minimum atomic E-state index is 0.259. The zero-order chi connectivity index (χ0) is 15.2. The molecule has 1 aliphatic rings. The standard InChI is InChI=1S/C17H19N5/c1-12-14-15(19-11-20-16(14)22(2)21-12)18-10-17(8-9-17)13-6-4-3-5-7-13/h3-7,11H,8-10H2,1-2H3,(H,18,19,20). The highest BCUT2D eigenvalue weighted by Crippen LogP contribution is 2.48. The Hall–Kier alpha value is -2.43. The molecule has 0 unspecified atom stereocenters. The molecule has 2 heterocycles. The maximum absolute atomic E-state index is 4.44. The van der Waals surface area contributed by atoms with Gasteiger partial charge in [-0.1, -0.05) is 30.3 Å². The number of benzene rings is 1. The van der Waals surface area contributed by atoms with Crippen molar-refractivity contribution in [2.45, 2.75) is 25.2 Å². The molecule has 0 atom stereocenters. The average Bonchev–Trinajstić information content (AvgIpc) is 3.28. The summed E-state index contributed by atoms with van der Waals surface area (Å²) in [4.78, 5) is 8.76. The second-order valence-corrected chi connectivity index (χ2v) is 6.13. The fourth-order valence-electron chi connectivity index (χ4n) is 3.17. The largest absolute Gasteiger partial charge is 0.368 e. The Morgan fingerprint density at radius 2 is 1.95 bits per heavy atom. The molecular weight excluding hydrogens is 274 g/mol. The van der Waals surface area contributed by atoms with Gasteiger partial charge in [-0.2, -0.15) is 5.10 Å². The van der Waals surface area contributed by atoms with E-state index in [-0.39, 0.29) is 5.41 Å². The fourth-order valence-corrected chi connectivity index (χ4v) is 3.17. The smallest absolute Gasteiger partial charge is 0.163 e. The van der Waals surface area contributed by atoms with Crippen molar-refractivity contribution in [3.63, 3.8) is 0 Å². The number of nitrogens with zero attached hydrogens (tertiary/aromatic N) is 4. The average molecular weight is 293 g/mol. The van der Waals surface area contributed by atoms with Gasteiger partial charge in [0, 0.05) is 19.0 Å². The first kappa shape index (κ1) is 13.2. The molecule has 22 heavy (non-hydrogen) atoms. The van der Waals surface area contributed by atoms with E-state index >= 15 is 0 Å². The summed E-state index contributed by atoms with van der Waals surface area (Å²) in [6, 6.07) is 10.7. The first-order chi connectivity index (χ1) is 10.7. The van der Waals surface area contributed by atoms with Gasteiger partial charge in [0.2, 0.25) is 0 Å². The van der Waals surface area contributed by atoms with Gasteiger partial charge in [0.05, 0.1) is 11.1 Å². The molecule has 0 aliphatic heterocycles. The molecule has 3 aromatic rings. The molecule has 0 amide bonds. The molecule has 0 spiro atoms. The number of hydrogen-bond acceptors (Lipinski definition) is 4. The lowest BCUT2D eigenvalue weighted by atomic mass is 9.96. The summed E-state index contributed by atoms with van der Waals surface area (Å²) in [6.07, 6.45) is 4.06. The zero-order valence-electron chi connectivity index (χ0n) is 12.9. The van der Waals surface area contributed by atoms with E-state index in [1.54, 1.807) is 6.33 Å². The predicted molar refractivity (Wildman–Crippen MR) is 86.9 cm³/mol. The van der Waals surface area contributed by atoms with Gasteiger partial charge in [0.1, 0.15) is 12.1 Å². The van der Waals surface area contributed by atoms with Gasteiger partial charge in [-0.3, -0.25) is 4.68 Å². The zero-order valence-corrected chi connectivity index (χ0v) is 12.9. The van der Waals surface area contributed by atoms with E-state index in [9.17, 15) is 0 Å². The van der Waals surface area contributed by atoms with Gasteiger partial charge in [-0.25, -0.2) is 9.97 Å². The maximum atomic E-state index is 4.44. The highest BCUT2D eigenvalue weighted by Gasteiger charge is 2.44. The van der Waals surface area contributed by atoms with Crippen molar-refractivity contribution in [2.75, 3.05) is 11.9 Å². The lowest BCUT2D eigenvalue weighted by Gasteiger charge is -2.17. The van der Waals surface area contributed by atoms with Crippen LogP contribution in [0.1, 0.15) is 24.1 Å². The lowest BCUT2D eigenvalue weighted by Crippen LogP contribution is -2.20. The number of aryl methyl sites for hydroxylation is 2. The van der Waals surface area contributed by atoms with Gasteiger partial charge in [-0.15, -0.1) is 0 Å². The Bertz CT molecular complexity index is 818. The molecule has 1 fully saturated rings. The molecule has 5 heteroatoms. The van der Waals surface area contributed by atoms with Crippen molar-refractivity contribution in [3.05, 3.63) is 47.9 Å². The van der Waals surface area contributed by atoms with Crippen molar-refractivity contribution in [2.24, 2.45) is 7.05 Å². The van der Waals surface area contributed by atoms with E-state index in [1.165, 1.54) is 18.4 Å². The van der Waals surface area contributed by atoms with Crippen LogP contribution >= 0.6 is 0 Å². The second kappa shape index (κ2) is 4.80. The van der Waals surface area contributed by atoms with Crippen LogP contribution in [0.3, 0.4) is 0 Å². The number of hydrogen-bond donors (Lipinski definition) is 1. The summed E-state index contributed by atoms with van der Waals surface area (Å²) in [5, 5.41) is 9.00. The topological polar surface area (TPSA) is 55.6 Å². The Kier molecular flexibility index (Phi) is 2.89. The van der Waals surface area contributed by atoms with Crippen LogP contribution in [0, 0.1) is 6.92 Å². The van der Waals surface area contributed by atoms with E-state index in [4.69, 9.17) is 0 Å². The van der Waals surface area contributed by atoms with Crippen LogP contribution < -0.4 is 5.32 Å². The third-order valence-corrected chi connectivity index (χ3v) is 4.63. The van der Waals surface area contributed by atoms with Crippen molar-refractivity contribution in [1.29, 1.82) is 0 Å². The van der Waals surface area contributed by atoms with Crippen LogP contribution in [0.5, 0.6) is 0 Å². The van der Waals surface area contributed by atoms with Gasteiger partial charge in [0.15, 0.2) is 5.65 Å². The van der Waals surface area contributed by atoms with Crippen molar-refractivity contribution in [3.8, 4) is 0 Å². The predicted octanol–water partition coefficient (Wildman–Crippen LogP) is 2.82. The molecule has 5 nitrogen and oxygen atoms in total. The molecule has 1 aliphatic carbocycles. The lowest BCUT2D eigenvalue weighted by molar-refractivity contribution is 0.730. The van der Waals surface area contributed by atoms with Crippen LogP contribution in [-0.2, 0) is 12.5 Å². The Labute approximate surface area is 129 Å². The van der Waals surface area contributed by atoms with Crippen LogP contribution in [-0.4, -0.2) is 26.3 Å². The second-order valence-electron chi connectivity index (χ2n) is 6.13. The molecule has 0 radical (unpaired) electrons. The first-order valence-electron chi connectivity index (χ1n) is 7.63. The van der Waals surface area contributed by atoms with Crippen LogP contribution in [0.4, 0.5) is 5.82 Å². The summed E-state index contributed by atoms with van der Waals surface area (Å²) in [7, 11) is 1.92. The summed E-state index contributed by atoms with van der Waals surface area (Å²) in [6.45, 7) is 2.90. The van der Waals surface area contributed by atoms with E-state index < -0.39 is 0 Å². The molecule has 4 rings (SSSR count). The molecular formula is C17H19N5. The van der Waals surface area contributed by atoms with Crippen molar-refractivity contribution < 1.29 is 0 Å². The van der Waals surface area contributed by atoms with Crippen molar-refractivity contribution in [1.82, 2.24) is 19.7 Å². The highest BCUT2D eigenvalue weighted by atomic mass is 15.3. The number of rotatable bonds is 4. The normalized spacial score (nSPS) is 15.9. The van der Waals surface area contributed by atoms with Gasteiger partial charge >= 0.3 is 0 Å². The molecule has 2 aromatic heterocycles. The van der Waals surface area contributed by atoms with Crippen molar-refractivity contribution >= 4 is 16.9 Å². The Morgan fingerprint density at radius 1 is 1.18 bits per heavy atom. The van der Waals surface area contributed by atoms with E-state index in [0.29, 0.717) is 0 Å². The molecule has 112 valence electrons. The third-order valence-electron chi connectivity index (χ3n) is 4.63. The first-order valence-corrected chi connectivity index (χ1v) is 7.63. The maximum Gasteiger partial charge on any atom is 0.163 e. The molecule has 1 aromatic carbocycles. The summed E-state index contributed by atoms with van der Waals surface area (Å²) < 4.78 is 1.81. The SMILES string of the molecule is Cc1nn(C)c2ncnc(NCC3(c4ccccc4)CC3)c12. The number of fused-ring (bicyclic) bond motifs is 1. The monoisotopic (exact) mass is 293 g/mol. The Balaban J connectivity index is 1.63. The molecule has 1 saturated carbocycles. The summed E-state index contributed by atoms with van der Waals surface area (Å²) >= 11 is 0. The van der Waals surface area contributed by atoms with E-state index in [1.807, 2.05) is 18.7 Å². The Morgan fingerprint density at radius 3 is 2.68 bits per heavy atom. The highest BCUT2D eigenvalue weighted by molar-refractivity contribution is 5.89. The van der Waals surface area contributed by atoms with E-state index in [0.717, 1.165) is 29.1 Å². The summed E-state index contributed by atoms with van der Waals surface area (Å²) in [5.74, 6) is 0.887. The number of anilines is 1. The molecule has 1 N–H and O–H groups in total. The van der Waals surface area contributed by atoms with Gasteiger partial charge in [0.25, 0.3) is 0 Å². The number of nitrogens with one attached hydrogen (secondary N) is 1. The fraction of sp³-hybridized carbons (Fsp3) is 0.353. The van der Waals surface area contributed by atoms with E-state index in [2.05, 4.69) is 50.7 Å². The number of aromatic nitrogens is 4. The quantitative estimate of drug-likeness (QED) is 0.803. The van der Waals surface area contributed by atoms with Crippen LogP contribution in [0.2, 0.25) is 0 Å². The summed E-state index contributed by atoms with van der Waals surface area (Å²) in [5.41, 5.74) is 3.51. The van der Waals surface area contributed by atoms with Gasteiger partial charge in [-0.05, 0) is 25.3 Å². The van der Waals surface area contributed by atoms with Crippen LogP contribution in [0.25, 0.3) is 11.0 Å². The van der Waals surface area contributed by atoms with Crippen LogP contribution in [0.15, 0.2) is 36.7 Å². The van der Waals surface area contributed by atoms with Gasteiger partial charge < -0.3 is 5.32 Å². The third kappa shape index (κ3) is 2.04. The molecule has 0 saturated heterocycles. The minimum absolute atomic E-state index is 0.259.